The van der Waals surface area contributed by atoms with Gasteiger partial charge in [-0.3, -0.25) is 19.6 Å². The summed E-state index contributed by atoms with van der Waals surface area (Å²) in [6.45, 7) is 0.508. The Labute approximate surface area is 174 Å². The van der Waals surface area contributed by atoms with Crippen LogP contribution in [0.4, 0.5) is 5.69 Å². The predicted octanol–water partition coefficient (Wildman–Crippen LogP) is 3.85. The zero-order valence-electron chi connectivity index (χ0n) is 16.2. The largest absolute Gasteiger partial charge is 0.352 e. The molecule has 148 valence electrons. The van der Waals surface area contributed by atoms with Crippen molar-refractivity contribution < 1.29 is 9.59 Å². The molecule has 0 saturated carbocycles. The molecule has 0 bridgehead atoms. The number of benzene rings is 2. The fourth-order valence-electron chi connectivity index (χ4n) is 3.15. The summed E-state index contributed by atoms with van der Waals surface area (Å²) < 4.78 is 0. The number of pyridine rings is 2. The van der Waals surface area contributed by atoms with E-state index in [2.05, 4.69) is 20.6 Å². The number of aromatic nitrogens is 2. The van der Waals surface area contributed by atoms with Gasteiger partial charge in [0.2, 0.25) is 0 Å². The Hall–Kier alpha value is -4.06. The van der Waals surface area contributed by atoms with E-state index < -0.39 is 5.91 Å². The lowest BCUT2D eigenvalue weighted by Gasteiger charge is -2.09. The van der Waals surface area contributed by atoms with Crippen LogP contribution in [0.25, 0.3) is 10.9 Å². The van der Waals surface area contributed by atoms with Crippen molar-refractivity contribution in [2.45, 2.75) is 6.42 Å². The van der Waals surface area contributed by atoms with E-state index in [1.54, 1.807) is 18.3 Å². The van der Waals surface area contributed by atoms with E-state index >= 15 is 0 Å². The highest BCUT2D eigenvalue weighted by atomic mass is 16.2. The molecule has 6 nitrogen and oxygen atoms in total. The Kier molecular flexibility index (Phi) is 5.75. The molecule has 0 radical (unpaired) electrons. The smallest absolute Gasteiger partial charge is 0.274 e. The molecule has 0 spiro atoms. The molecule has 2 N–H and O–H groups in total. The molecule has 0 saturated heterocycles. The van der Waals surface area contributed by atoms with Crippen LogP contribution in [-0.4, -0.2) is 28.3 Å². The SMILES string of the molecule is O=C(NCCc1ccccc1)c1ccnc(C(=O)Nc2cccc3cccnc23)c1. The normalized spacial score (nSPS) is 10.5. The van der Waals surface area contributed by atoms with Crippen molar-refractivity contribution in [3.05, 3.63) is 102 Å². The molecule has 30 heavy (non-hydrogen) atoms. The minimum atomic E-state index is -0.396. The number of amides is 2. The molecule has 4 aromatic rings. The van der Waals surface area contributed by atoms with Crippen LogP contribution in [0, 0.1) is 0 Å². The maximum Gasteiger partial charge on any atom is 0.274 e. The first-order valence-corrected chi connectivity index (χ1v) is 9.64. The van der Waals surface area contributed by atoms with Gasteiger partial charge in [-0.2, -0.15) is 0 Å². The summed E-state index contributed by atoms with van der Waals surface area (Å²) in [5, 5.41) is 6.64. The van der Waals surface area contributed by atoms with E-state index in [0.717, 1.165) is 17.4 Å². The number of nitrogens with zero attached hydrogens (tertiary/aromatic N) is 2. The Morgan fingerprint density at radius 1 is 0.800 bits per heavy atom. The van der Waals surface area contributed by atoms with Crippen molar-refractivity contribution in [2.75, 3.05) is 11.9 Å². The van der Waals surface area contributed by atoms with Crippen molar-refractivity contribution in [3.63, 3.8) is 0 Å². The molecular formula is C24H20N4O2. The first-order chi connectivity index (χ1) is 14.7. The average Bonchev–Trinajstić information content (AvgIpc) is 2.80. The van der Waals surface area contributed by atoms with Gasteiger partial charge < -0.3 is 10.6 Å². The zero-order valence-corrected chi connectivity index (χ0v) is 16.2. The summed E-state index contributed by atoms with van der Waals surface area (Å²) >= 11 is 0. The highest BCUT2D eigenvalue weighted by Crippen LogP contribution is 2.21. The van der Waals surface area contributed by atoms with E-state index in [-0.39, 0.29) is 11.6 Å². The molecule has 0 aliphatic carbocycles. The third-order valence-corrected chi connectivity index (χ3v) is 4.68. The fraction of sp³-hybridized carbons (Fsp3) is 0.0833. The van der Waals surface area contributed by atoms with Gasteiger partial charge >= 0.3 is 0 Å². The Morgan fingerprint density at radius 3 is 2.50 bits per heavy atom. The van der Waals surface area contributed by atoms with Gasteiger partial charge in [-0.25, -0.2) is 0 Å². The second-order valence-electron chi connectivity index (χ2n) is 6.76. The van der Waals surface area contributed by atoms with E-state index in [1.165, 1.54) is 12.3 Å². The summed E-state index contributed by atoms with van der Waals surface area (Å²) in [5.41, 5.74) is 3.00. The van der Waals surface area contributed by atoms with Crippen LogP contribution in [0.5, 0.6) is 0 Å². The number of anilines is 1. The quantitative estimate of drug-likeness (QED) is 0.518. The minimum absolute atomic E-state index is 0.165. The van der Waals surface area contributed by atoms with Crippen molar-refractivity contribution in [1.82, 2.24) is 15.3 Å². The second-order valence-corrected chi connectivity index (χ2v) is 6.76. The van der Waals surface area contributed by atoms with Crippen LogP contribution < -0.4 is 10.6 Å². The number of rotatable bonds is 6. The van der Waals surface area contributed by atoms with Crippen LogP contribution in [-0.2, 0) is 6.42 Å². The van der Waals surface area contributed by atoms with Crippen LogP contribution in [0.3, 0.4) is 0 Å². The van der Waals surface area contributed by atoms with Crippen molar-refractivity contribution in [2.24, 2.45) is 0 Å². The lowest BCUT2D eigenvalue weighted by atomic mass is 10.1. The first-order valence-electron chi connectivity index (χ1n) is 9.64. The molecule has 2 heterocycles. The predicted molar refractivity (Wildman–Crippen MR) is 116 cm³/mol. The average molecular weight is 396 g/mol. The van der Waals surface area contributed by atoms with Gasteiger partial charge in [0.1, 0.15) is 5.69 Å². The number of nitrogens with one attached hydrogen (secondary N) is 2. The lowest BCUT2D eigenvalue weighted by molar-refractivity contribution is 0.0954. The number of hydrogen-bond donors (Lipinski definition) is 2. The van der Waals surface area contributed by atoms with Gasteiger partial charge in [-0.15, -0.1) is 0 Å². The van der Waals surface area contributed by atoms with Crippen LogP contribution in [0.2, 0.25) is 0 Å². The molecule has 0 aliphatic heterocycles. The van der Waals surface area contributed by atoms with Crippen LogP contribution in [0.1, 0.15) is 26.4 Å². The second kappa shape index (κ2) is 8.96. The number of para-hydroxylation sites is 1. The Morgan fingerprint density at radius 2 is 1.63 bits per heavy atom. The topological polar surface area (TPSA) is 84.0 Å². The molecular weight excluding hydrogens is 376 g/mol. The highest BCUT2D eigenvalue weighted by molar-refractivity contribution is 6.08. The number of hydrogen-bond acceptors (Lipinski definition) is 4. The van der Waals surface area contributed by atoms with Gasteiger partial charge in [0.25, 0.3) is 11.8 Å². The molecule has 2 amide bonds. The summed E-state index contributed by atoms with van der Waals surface area (Å²) in [7, 11) is 0. The maximum absolute atomic E-state index is 12.7. The van der Waals surface area contributed by atoms with Gasteiger partial charge in [-0.05, 0) is 36.2 Å². The summed E-state index contributed by atoms with van der Waals surface area (Å²) in [6.07, 6.45) is 3.87. The van der Waals surface area contributed by atoms with Crippen LogP contribution in [0.15, 0.2) is 85.2 Å². The van der Waals surface area contributed by atoms with E-state index in [1.807, 2.05) is 54.6 Å². The van der Waals surface area contributed by atoms with Gasteiger partial charge in [0.15, 0.2) is 0 Å². The molecule has 0 aliphatic rings. The zero-order chi connectivity index (χ0) is 20.8. The number of carbonyl (C=O) groups is 2. The third kappa shape index (κ3) is 4.50. The highest BCUT2D eigenvalue weighted by Gasteiger charge is 2.13. The van der Waals surface area contributed by atoms with Crippen molar-refractivity contribution >= 4 is 28.4 Å². The molecule has 4 rings (SSSR count). The lowest BCUT2D eigenvalue weighted by Crippen LogP contribution is -2.26. The number of fused-ring (bicyclic) bond motifs is 1. The van der Waals surface area contributed by atoms with Crippen molar-refractivity contribution in [1.29, 1.82) is 0 Å². The summed E-state index contributed by atoms with van der Waals surface area (Å²) in [4.78, 5) is 33.6. The van der Waals surface area contributed by atoms with Gasteiger partial charge in [0.05, 0.1) is 11.2 Å². The molecule has 0 unspecified atom stereocenters. The number of carbonyl (C=O) groups excluding carboxylic acids is 2. The summed E-state index contributed by atoms with van der Waals surface area (Å²) in [6, 6.07) is 22.3. The molecule has 0 atom stereocenters. The molecule has 6 heteroatoms. The van der Waals surface area contributed by atoms with E-state index in [4.69, 9.17) is 0 Å². The standard InChI is InChI=1S/C24H20N4O2/c29-23(27-14-11-17-6-2-1-3-7-17)19-12-15-25-21(16-19)24(30)28-20-10-4-8-18-9-5-13-26-22(18)20/h1-10,12-13,15-16H,11,14H2,(H,27,29)(H,28,30). The maximum atomic E-state index is 12.7. The van der Waals surface area contributed by atoms with Gasteiger partial charge in [-0.1, -0.05) is 48.5 Å². The molecule has 0 fully saturated rings. The molecule has 2 aromatic carbocycles. The van der Waals surface area contributed by atoms with Gasteiger partial charge in [0, 0.05) is 29.9 Å². The monoisotopic (exact) mass is 396 g/mol. The minimum Gasteiger partial charge on any atom is -0.352 e. The Bertz CT molecular complexity index is 1190. The molecule has 2 aromatic heterocycles. The fourth-order valence-corrected chi connectivity index (χ4v) is 3.15. The van der Waals surface area contributed by atoms with Crippen molar-refractivity contribution in [3.8, 4) is 0 Å². The summed E-state index contributed by atoms with van der Waals surface area (Å²) in [5.74, 6) is -0.638. The first kappa shape index (κ1) is 19.3. The third-order valence-electron chi connectivity index (χ3n) is 4.68. The van der Waals surface area contributed by atoms with Crippen LogP contribution >= 0.6 is 0 Å². The Balaban J connectivity index is 1.43. The van der Waals surface area contributed by atoms with E-state index in [9.17, 15) is 9.59 Å². The van der Waals surface area contributed by atoms with E-state index in [0.29, 0.717) is 23.3 Å².